The maximum Gasteiger partial charge on any atom is 0.471 e. The van der Waals surface area contributed by atoms with Crippen LogP contribution in [-0.2, 0) is 10.2 Å². The van der Waals surface area contributed by atoms with Crippen LogP contribution in [0.25, 0.3) is 0 Å². The molecule has 26 heavy (non-hydrogen) atoms. The molecular formula is C16H12BrClF3N3OS. The van der Waals surface area contributed by atoms with E-state index in [2.05, 4.69) is 20.9 Å². The van der Waals surface area contributed by atoms with E-state index >= 15 is 0 Å². The van der Waals surface area contributed by atoms with E-state index in [1.165, 1.54) is 11.3 Å². The number of carbonyl (C=O) groups is 1. The molecule has 2 aliphatic heterocycles. The minimum Gasteiger partial charge on any atom is -0.334 e. The Morgan fingerprint density at radius 2 is 2.12 bits per heavy atom. The number of halogens is 5. The molecule has 2 aromatic rings. The second-order valence-electron chi connectivity index (χ2n) is 6.45. The number of likely N-dealkylation sites (tertiary alicyclic amines) is 1. The summed E-state index contributed by atoms with van der Waals surface area (Å²) in [6.45, 7) is 0.575. The quantitative estimate of drug-likeness (QED) is 0.609. The molecule has 0 saturated carbocycles. The first-order valence-electron chi connectivity index (χ1n) is 7.75. The smallest absolute Gasteiger partial charge is 0.334 e. The Balaban J connectivity index is 1.72. The van der Waals surface area contributed by atoms with Gasteiger partial charge in [-0.1, -0.05) is 38.9 Å². The van der Waals surface area contributed by atoms with Crippen LogP contribution in [0.4, 0.5) is 24.0 Å². The third-order valence-corrected chi connectivity index (χ3v) is 6.49. The molecular weight excluding hydrogens is 455 g/mol. The molecule has 1 spiro atoms. The van der Waals surface area contributed by atoms with Gasteiger partial charge in [-0.25, -0.2) is 4.98 Å². The standard InChI is InChI=1S/C16H12BrClF3N3OS/c17-9-1-2-11-10(5-9)15(8-24(11)14-22-6-12(18)26-14)3-4-23(7-15)13(25)16(19,20)21/h1-2,5-6H,3-4,7-8H2. The molecule has 1 saturated heterocycles. The fourth-order valence-corrected chi connectivity index (χ4v) is 5.03. The van der Waals surface area contributed by atoms with Gasteiger partial charge in [0.05, 0.1) is 6.20 Å². The first-order chi connectivity index (χ1) is 12.2. The molecule has 1 aromatic carbocycles. The number of benzene rings is 1. The van der Waals surface area contributed by atoms with Gasteiger partial charge in [-0.3, -0.25) is 4.79 Å². The molecule has 4 rings (SSSR count). The predicted octanol–water partition coefficient (Wildman–Crippen LogP) is 4.74. The second-order valence-corrected chi connectivity index (χ2v) is 9.01. The summed E-state index contributed by atoms with van der Waals surface area (Å²) in [4.78, 5) is 18.9. The zero-order valence-corrected chi connectivity index (χ0v) is 16.3. The van der Waals surface area contributed by atoms with Gasteiger partial charge in [0, 0.05) is 35.2 Å². The lowest BCUT2D eigenvalue weighted by Gasteiger charge is -2.26. The fourth-order valence-electron chi connectivity index (χ4n) is 3.76. The van der Waals surface area contributed by atoms with E-state index in [0.29, 0.717) is 22.4 Å². The average Bonchev–Trinajstić information content (AvgIpc) is 3.25. The van der Waals surface area contributed by atoms with Crippen LogP contribution in [0.2, 0.25) is 4.34 Å². The molecule has 0 radical (unpaired) electrons. The highest BCUT2D eigenvalue weighted by atomic mass is 79.9. The lowest BCUT2D eigenvalue weighted by atomic mass is 9.81. The summed E-state index contributed by atoms with van der Waals surface area (Å²) in [5.41, 5.74) is 1.26. The highest BCUT2D eigenvalue weighted by Crippen LogP contribution is 2.51. The Labute approximate surface area is 164 Å². The Morgan fingerprint density at radius 3 is 2.77 bits per heavy atom. The number of aromatic nitrogens is 1. The van der Waals surface area contributed by atoms with Crippen molar-refractivity contribution in [2.75, 3.05) is 24.5 Å². The Morgan fingerprint density at radius 1 is 1.35 bits per heavy atom. The molecule has 1 fully saturated rings. The first-order valence-corrected chi connectivity index (χ1v) is 9.73. The number of hydrogen-bond acceptors (Lipinski definition) is 4. The normalized spacial score (nSPS) is 22.3. The Bertz CT molecular complexity index is 890. The van der Waals surface area contributed by atoms with Crippen LogP contribution >= 0.6 is 38.9 Å². The van der Waals surface area contributed by atoms with Crippen molar-refractivity contribution in [3.63, 3.8) is 0 Å². The van der Waals surface area contributed by atoms with E-state index in [-0.39, 0.29) is 13.1 Å². The summed E-state index contributed by atoms with van der Waals surface area (Å²) in [6, 6.07) is 5.72. The van der Waals surface area contributed by atoms with Crippen LogP contribution < -0.4 is 4.90 Å². The van der Waals surface area contributed by atoms with Crippen LogP contribution in [0, 0.1) is 0 Å². The maximum atomic E-state index is 12.8. The predicted molar refractivity (Wildman–Crippen MR) is 97.2 cm³/mol. The van der Waals surface area contributed by atoms with E-state index in [4.69, 9.17) is 11.6 Å². The van der Waals surface area contributed by atoms with Crippen LogP contribution in [-0.4, -0.2) is 41.6 Å². The van der Waals surface area contributed by atoms with Crippen LogP contribution in [0.3, 0.4) is 0 Å². The van der Waals surface area contributed by atoms with Crippen molar-refractivity contribution >= 4 is 55.6 Å². The topological polar surface area (TPSA) is 36.4 Å². The molecule has 2 aliphatic rings. The molecule has 3 heterocycles. The number of thiazole rings is 1. The van der Waals surface area contributed by atoms with Crippen molar-refractivity contribution in [1.82, 2.24) is 9.88 Å². The number of anilines is 2. The summed E-state index contributed by atoms with van der Waals surface area (Å²) < 4.78 is 39.9. The molecule has 1 aromatic heterocycles. The summed E-state index contributed by atoms with van der Waals surface area (Å²) in [5, 5.41) is 0.691. The molecule has 0 aliphatic carbocycles. The number of hydrogen-bond donors (Lipinski definition) is 0. The van der Waals surface area contributed by atoms with E-state index in [1.54, 1.807) is 6.20 Å². The van der Waals surface area contributed by atoms with Crippen LogP contribution in [0.5, 0.6) is 0 Å². The Hall–Kier alpha value is -1.32. The van der Waals surface area contributed by atoms with E-state index in [1.807, 2.05) is 23.1 Å². The number of amides is 1. The molecule has 1 unspecified atom stereocenters. The molecule has 4 nitrogen and oxygen atoms in total. The minimum atomic E-state index is -4.85. The molecule has 0 N–H and O–H groups in total. The fraction of sp³-hybridized carbons (Fsp3) is 0.375. The molecule has 138 valence electrons. The first kappa shape index (κ1) is 18.1. The monoisotopic (exact) mass is 465 g/mol. The summed E-state index contributed by atoms with van der Waals surface area (Å²) >= 11 is 10.8. The lowest BCUT2D eigenvalue weighted by Crippen LogP contribution is -2.42. The van der Waals surface area contributed by atoms with E-state index < -0.39 is 17.5 Å². The van der Waals surface area contributed by atoms with Crippen molar-refractivity contribution in [1.29, 1.82) is 0 Å². The van der Waals surface area contributed by atoms with Crippen molar-refractivity contribution < 1.29 is 18.0 Å². The number of carbonyl (C=O) groups excluding carboxylic acids is 1. The number of rotatable bonds is 1. The van der Waals surface area contributed by atoms with Gasteiger partial charge < -0.3 is 9.80 Å². The third kappa shape index (κ3) is 2.90. The van der Waals surface area contributed by atoms with Crippen LogP contribution in [0.15, 0.2) is 28.9 Å². The number of alkyl halides is 3. The van der Waals surface area contributed by atoms with Gasteiger partial charge in [0.25, 0.3) is 0 Å². The zero-order chi connectivity index (χ0) is 18.7. The van der Waals surface area contributed by atoms with Gasteiger partial charge in [-0.05, 0) is 30.2 Å². The third-order valence-electron chi connectivity index (χ3n) is 4.86. The summed E-state index contributed by atoms with van der Waals surface area (Å²) in [7, 11) is 0. The SMILES string of the molecule is O=C(N1CCC2(C1)CN(c1ncc(Cl)s1)c1ccc(Br)cc12)C(F)(F)F. The van der Waals surface area contributed by atoms with Gasteiger partial charge in [0.2, 0.25) is 0 Å². The zero-order valence-electron chi connectivity index (χ0n) is 13.2. The second kappa shape index (κ2) is 6.10. The lowest BCUT2D eigenvalue weighted by molar-refractivity contribution is -0.184. The molecule has 1 amide bonds. The highest BCUT2D eigenvalue weighted by Gasteiger charge is 2.53. The van der Waals surface area contributed by atoms with Crippen LogP contribution in [0.1, 0.15) is 12.0 Å². The summed E-state index contributed by atoms with van der Waals surface area (Å²) in [6.07, 6.45) is -2.83. The van der Waals surface area contributed by atoms with Gasteiger partial charge in [-0.15, -0.1) is 0 Å². The van der Waals surface area contributed by atoms with Crippen molar-refractivity contribution in [2.45, 2.75) is 18.0 Å². The molecule has 0 bridgehead atoms. The van der Waals surface area contributed by atoms with Gasteiger partial charge in [-0.2, -0.15) is 13.2 Å². The molecule has 1 atom stereocenters. The van der Waals surface area contributed by atoms with Gasteiger partial charge in [0.1, 0.15) is 4.34 Å². The van der Waals surface area contributed by atoms with E-state index in [0.717, 1.165) is 20.6 Å². The highest BCUT2D eigenvalue weighted by molar-refractivity contribution is 9.10. The number of nitrogens with zero attached hydrogens (tertiary/aromatic N) is 3. The summed E-state index contributed by atoms with van der Waals surface area (Å²) in [5.74, 6) is -1.78. The maximum absolute atomic E-state index is 12.8. The van der Waals surface area contributed by atoms with Gasteiger partial charge in [0.15, 0.2) is 5.13 Å². The minimum absolute atomic E-state index is 0.0321. The largest absolute Gasteiger partial charge is 0.471 e. The van der Waals surface area contributed by atoms with Crippen molar-refractivity contribution in [2.24, 2.45) is 0 Å². The van der Waals surface area contributed by atoms with Crippen molar-refractivity contribution in [3.05, 3.63) is 38.8 Å². The van der Waals surface area contributed by atoms with Gasteiger partial charge >= 0.3 is 12.1 Å². The molecule has 10 heteroatoms. The number of fused-ring (bicyclic) bond motifs is 2. The van der Waals surface area contributed by atoms with E-state index in [9.17, 15) is 18.0 Å². The Kier molecular flexibility index (Phi) is 4.24. The van der Waals surface area contributed by atoms with Crippen molar-refractivity contribution in [3.8, 4) is 0 Å². The average molecular weight is 467 g/mol.